The van der Waals surface area contributed by atoms with Gasteiger partial charge in [0.1, 0.15) is 0 Å². The normalized spacial score (nSPS) is 16.5. The lowest BCUT2D eigenvalue weighted by Gasteiger charge is -2.36. The Kier molecular flexibility index (Phi) is 4.87. The summed E-state index contributed by atoms with van der Waals surface area (Å²) in [6.45, 7) is 1.42. The molecule has 0 amide bonds. The van der Waals surface area contributed by atoms with Gasteiger partial charge in [-0.1, -0.05) is 28.9 Å². The molecule has 1 atom stereocenters. The number of benzene rings is 1. The third-order valence-corrected chi connectivity index (χ3v) is 3.40. The van der Waals surface area contributed by atoms with E-state index in [0.717, 1.165) is 0 Å². The Labute approximate surface area is 127 Å². The second-order valence-electron chi connectivity index (χ2n) is 4.43. The van der Waals surface area contributed by atoms with Crippen molar-refractivity contribution in [2.45, 2.75) is 37.3 Å². The fraction of sp³-hybridized carbons (Fsp3) is 0.500. The van der Waals surface area contributed by atoms with Crippen LogP contribution in [0.5, 0.6) is 0 Å². The van der Waals surface area contributed by atoms with Gasteiger partial charge in [0.2, 0.25) is 0 Å². The smallest absolute Gasteiger partial charge is 0.221 e. The maximum Gasteiger partial charge on any atom is 0.457 e. The number of hydrogen-bond acceptors (Lipinski definition) is 0. The Hall–Kier alpha value is -0.930. The van der Waals surface area contributed by atoms with E-state index in [9.17, 15) is 39.5 Å². The zero-order chi connectivity index (χ0) is 17.6. The molecule has 1 unspecified atom stereocenters. The van der Waals surface area contributed by atoms with Crippen LogP contribution in [0.2, 0.25) is 0 Å². The summed E-state index contributed by atoms with van der Waals surface area (Å²) in [5.41, 5.74) is -7.74. The number of hydrogen-bond donors (Lipinski definition) is 0. The minimum Gasteiger partial charge on any atom is -0.221 e. The molecule has 0 aliphatic rings. The van der Waals surface area contributed by atoms with E-state index < -0.39 is 29.5 Å². The van der Waals surface area contributed by atoms with Gasteiger partial charge in [-0.15, -0.1) is 0 Å². The molecule has 10 heteroatoms. The predicted molar refractivity (Wildman–Crippen MR) is 63.4 cm³/mol. The average molecular weight is 403 g/mol. The Morgan fingerprint density at radius 2 is 1.32 bits per heavy atom. The van der Waals surface area contributed by atoms with E-state index in [1.165, 1.54) is 13.0 Å². The second-order valence-corrected chi connectivity index (χ2v) is 5.35. The highest BCUT2D eigenvalue weighted by Gasteiger charge is 2.81. The van der Waals surface area contributed by atoms with E-state index in [-0.39, 0.29) is 22.5 Å². The first-order valence-electron chi connectivity index (χ1n) is 5.68. The fourth-order valence-electron chi connectivity index (χ4n) is 1.77. The van der Waals surface area contributed by atoms with Crippen LogP contribution in [-0.4, -0.2) is 18.3 Å². The molecule has 0 N–H and O–H groups in total. The lowest BCUT2D eigenvalue weighted by Crippen LogP contribution is -2.59. The van der Waals surface area contributed by atoms with Crippen molar-refractivity contribution < 1.29 is 39.5 Å². The van der Waals surface area contributed by atoms with Gasteiger partial charge >= 0.3 is 23.9 Å². The molecule has 0 nitrogen and oxygen atoms in total. The SMILES string of the molecule is CCc1cc(Br)cc(C(F)(C(F)(F)F)C(F)(F)C(F)(F)F)c1. The number of halogens is 10. The van der Waals surface area contributed by atoms with Crippen LogP contribution in [0.4, 0.5) is 39.5 Å². The number of aryl methyl sites for hydroxylation is 1. The Morgan fingerprint density at radius 3 is 1.68 bits per heavy atom. The van der Waals surface area contributed by atoms with Crippen molar-refractivity contribution in [3.8, 4) is 0 Å². The molecule has 126 valence electrons. The maximum atomic E-state index is 14.2. The topological polar surface area (TPSA) is 0 Å². The zero-order valence-electron chi connectivity index (χ0n) is 10.7. The van der Waals surface area contributed by atoms with Crippen molar-refractivity contribution in [1.29, 1.82) is 0 Å². The summed E-state index contributed by atoms with van der Waals surface area (Å²) in [6.07, 6.45) is -13.2. The number of rotatable bonds is 3. The molecular formula is C12H8BrF9. The van der Waals surface area contributed by atoms with Gasteiger partial charge in [0, 0.05) is 10.0 Å². The van der Waals surface area contributed by atoms with Gasteiger partial charge < -0.3 is 0 Å². The van der Waals surface area contributed by atoms with Crippen LogP contribution >= 0.6 is 15.9 Å². The van der Waals surface area contributed by atoms with E-state index in [1.807, 2.05) is 0 Å². The van der Waals surface area contributed by atoms with E-state index in [0.29, 0.717) is 6.07 Å². The zero-order valence-corrected chi connectivity index (χ0v) is 12.3. The Balaban J connectivity index is 3.73. The molecular weight excluding hydrogens is 395 g/mol. The molecule has 0 aromatic heterocycles. The van der Waals surface area contributed by atoms with Gasteiger partial charge in [0.05, 0.1) is 0 Å². The highest BCUT2D eigenvalue weighted by Crippen LogP contribution is 2.58. The molecule has 0 saturated heterocycles. The highest BCUT2D eigenvalue weighted by atomic mass is 79.9. The van der Waals surface area contributed by atoms with Gasteiger partial charge in [-0.2, -0.15) is 35.1 Å². The molecule has 1 rings (SSSR count). The lowest BCUT2D eigenvalue weighted by atomic mass is 9.86. The third kappa shape index (κ3) is 2.93. The first kappa shape index (κ1) is 19.1. The summed E-state index contributed by atoms with van der Waals surface area (Å²) in [7, 11) is 0. The summed E-state index contributed by atoms with van der Waals surface area (Å²) >= 11 is 2.67. The Bertz CT molecular complexity index is 547. The quantitative estimate of drug-likeness (QED) is 0.549. The predicted octanol–water partition coefficient (Wildman–Crippen LogP) is 5.94. The van der Waals surface area contributed by atoms with Crippen LogP contribution in [0.1, 0.15) is 18.1 Å². The van der Waals surface area contributed by atoms with Gasteiger partial charge in [-0.05, 0) is 24.1 Å². The molecule has 0 bridgehead atoms. The number of alkyl halides is 9. The molecule has 1 aromatic rings. The molecule has 0 heterocycles. The molecule has 0 aliphatic heterocycles. The first-order chi connectivity index (χ1) is 9.68. The van der Waals surface area contributed by atoms with Crippen LogP contribution in [0.15, 0.2) is 22.7 Å². The van der Waals surface area contributed by atoms with E-state index in [1.54, 1.807) is 0 Å². The second kappa shape index (κ2) is 5.61. The van der Waals surface area contributed by atoms with E-state index >= 15 is 0 Å². The largest absolute Gasteiger partial charge is 0.457 e. The molecule has 0 radical (unpaired) electrons. The Morgan fingerprint density at radius 1 is 0.818 bits per heavy atom. The van der Waals surface area contributed by atoms with Crippen molar-refractivity contribution in [3.05, 3.63) is 33.8 Å². The molecule has 0 saturated carbocycles. The summed E-state index contributed by atoms with van der Waals surface area (Å²) in [5, 5.41) is 0. The summed E-state index contributed by atoms with van der Waals surface area (Å²) in [4.78, 5) is 0. The van der Waals surface area contributed by atoms with Crippen molar-refractivity contribution in [1.82, 2.24) is 0 Å². The van der Waals surface area contributed by atoms with Crippen molar-refractivity contribution in [2.24, 2.45) is 0 Å². The van der Waals surface area contributed by atoms with E-state index in [2.05, 4.69) is 15.9 Å². The van der Waals surface area contributed by atoms with Crippen molar-refractivity contribution in [3.63, 3.8) is 0 Å². The van der Waals surface area contributed by atoms with Gasteiger partial charge in [0.25, 0.3) is 0 Å². The highest BCUT2D eigenvalue weighted by molar-refractivity contribution is 9.10. The van der Waals surface area contributed by atoms with Crippen LogP contribution in [0.25, 0.3) is 0 Å². The van der Waals surface area contributed by atoms with Crippen LogP contribution in [0, 0.1) is 0 Å². The minimum absolute atomic E-state index is 0.0119. The van der Waals surface area contributed by atoms with Crippen LogP contribution < -0.4 is 0 Å². The molecule has 22 heavy (non-hydrogen) atoms. The summed E-state index contributed by atoms with van der Waals surface area (Å²) < 4.78 is 116. The van der Waals surface area contributed by atoms with Crippen molar-refractivity contribution >= 4 is 15.9 Å². The first-order valence-corrected chi connectivity index (χ1v) is 6.48. The van der Waals surface area contributed by atoms with Crippen molar-refractivity contribution in [2.75, 3.05) is 0 Å². The average Bonchev–Trinajstić information content (AvgIpc) is 2.33. The maximum absolute atomic E-state index is 14.2. The van der Waals surface area contributed by atoms with Crippen LogP contribution in [-0.2, 0) is 12.1 Å². The van der Waals surface area contributed by atoms with Gasteiger partial charge in [-0.3, -0.25) is 0 Å². The summed E-state index contributed by atoms with van der Waals surface area (Å²) in [6, 6.07) is 1.79. The minimum atomic E-state index is -6.72. The molecule has 0 fully saturated rings. The lowest BCUT2D eigenvalue weighted by molar-refractivity contribution is -0.389. The molecule has 1 aromatic carbocycles. The van der Waals surface area contributed by atoms with Crippen LogP contribution in [0.3, 0.4) is 0 Å². The van der Waals surface area contributed by atoms with Gasteiger partial charge in [0.15, 0.2) is 0 Å². The standard InChI is InChI=1S/C12H8BrF9/c1-2-6-3-7(5-8(13)4-6)9(14,11(17,18)19)10(15,16)12(20,21)22/h3-5H,2H2,1H3. The van der Waals surface area contributed by atoms with E-state index in [4.69, 9.17) is 0 Å². The monoisotopic (exact) mass is 402 g/mol. The third-order valence-electron chi connectivity index (χ3n) is 2.94. The summed E-state index contributed by atoms with van der Waals surface area (Å²) in [5.74, 6) is -6.65. The fourth-order valence-corrected chi connectivity index (χ4v) is 2.31. The van der Waals surface area contributed by atoms with Gasteiger partial charge in [-0.25, -0.2) is 4.39 Å². The molecule has 0 aliphatic carbocycles. The molecule has 0 spiro atoms.